The fourth-order valence-electron chi connectivity index (χ4n) is 3.21. The summed E-state index contributed by atoms with van der Waals surface area (Å²) in [5.41, 5.74) is 1.19. The molecule has 0 spiro atoms. The second-order valence-corrected chi connectivity index (χ2v) is 6.42. The Kier molecular flexibility index (Phi) is 6.33. The zero-order valence-corrected chi connectivity index (χ0v) is 14.1. The molecular formula is C17H28N4O2. The Labute approximate surface area is 138 Å². The van der Waals surface area contributed by atoms with Gasteiger partial charge in [0.2, 0.25) is 0 Å². The van der Waals surface area contributed by atoms with Crippen molar-refractivity contribution in [2.75, 3.05) is 53.0 Å². The highest BCUT2D eigenvalue weighted by Crippen LogP contribution is 2.24. The first kappa shape index (κ1) is 16.8. The van der Waals surface area contributed by atoms with E-state index < -0.39 is 0 Å². The second-order valence-electron chi connectivity index (χ2n) is 6.42. The fraction of sp³-hybridized carbons (Fsp3) is 0.765. The van der Waals surface area contributed by atoms with Crippen LogP contribution in [0.4, 0.5) is 0 Å². The van der Waals surface area contributed by atoms with Crippen molar-refractivity contribution in [3.63, 3.8) is 0 Å². The second kappa shape index (κ2) is 8.68. The molecule has 6 nitrogen and oxygen atoms in total. The smallest absolute Gasteiger partial charge is 0.157 e. The molecule has 23 heavy (non-hydrogen) atoms. The Bertz CT molecular complexity index is 454. The number of aromatic nitrogens is 2. The molecule has 2 saturated heterocycles. The van der Waals surface area contributed by atoms with Gasteiger partial charge in [-0.05, 0) is 19.3 Å². The van der Waals surface area contributed by atoms with Gasteiger partial charge in [-0.25, -0.2) is 9.97 Å². The summed E-state index contributed by atoms with van der Waals surface area (Å²) in [7, 11) is 1.76. The van der Waals surface area contributed by atoms with Gasteiger partial charge in [0.25, 0.3) is 0 Å². The number of ether oxygens (including phenoxy) is 2. The molecule has 0 aliphatic carbocycles. The first-order valence-electron chi connectivity index (χ1n) is 8.71. The zero-order chi connectivity index (χ0) is 15.9. The molecule has 2 aliphatic rings. The Balaban J connectivity index is 1.45. The highest BCUT2D eigenvalue weighted by Gasteiger charge is 2.19. The predicted molar refractivity (Wildman–Crippen MR) is 88.2 cm³/mol. The summed E-state index contributed by atoms with van der Waals surface area (Å²) < 4.78 is 10.9. The van der Waals surface area contributed by atoms with Gasteiger partial charge in [-0.15, -0.1) is 0 Å². The Morgan fingerprint density at radius 2 is 1.87 bits per heavy atom. The normalized spacial score (nSPS) is 24.0. The van der Waals surface area contributed by atoms with E-state index in [9.17, 15) is 0 Å². The van der Waals surface area contributed by atoms with Crippen LogP contribution in [0.25, 0.3) is 0 Å². The maximum Gasteiger partial charge on any atom is 0.157 e. The fourth-order valence-corrected chi connectivity index (χ4v) is 3.21. The van der Waals surface area contributed by atoms with Crippen molar-refractivity contribution in [2.24, 2.45) is 0 Å². The van der Waals surface area contributed by atoms with Crippen LogP contribution >= 0.6 is 0 Å². The topological polar surface area (TPSA) is 50.7 Å². The first-order chi connectivity index (χ1) is 11.3. The molecule has 1 aromatic rings. The summed E-state index contributed by atoms with van der Waals surface area (Å²) in [5, 5.41) is 0. The lowest BCUT2D eigenvalue weighted by Crippen LogP contribution is -2.46. The van der Waals surface area contributed by atoms with Crippen molar-refractivity contribution >= 4 is 0 Å². The van der Waals surface area contributed by atoms with Crippen molar-refractivity contribution in [3.05, 3.63) is 23.8 Å². The number of methoxy groups -OCH3 is 1. The van der Waals surface area contributed by atoms with Crippen LogP contribution in [0.5, 0.6) is 0 Å². The molecule has 6 heteroatoms. The number of hydrogen-bond acceptors (Lipinski definition) is 6. The van der Waals surface area contributed by atoms with E-state index in [1.54, 1.807) is 7.11 Å². The molecule has 0 radical (unpaired) electrons. The molecule has 2 fully saturated rings. The molecule has 3 rings (SSSR count). The van der Waals surface area contributed by atoms with Crippen molar-refractivity contribution in [2.45, 2.75) is 31.9 Å². The van der Waals surface area contributed by atoms with Gasteiger partial charge in [-0.3, -0.25) is 9.80 Å². The van der Waals surface area contributed by atoms with Gasteiger partial charge in [0, 0.05) is 70.9 Å². The van der Waals surface area contributed by atoms with Gasteiger partial charge in [0.15, 0.2) is 5.82 Å². The minimum Gasteiger partial charge on any atom is -0.383 e. The standard InChI is InChI=1S/C17H28N4O2/c1-22-11-9-20-5-7-21(8-6-20)14-15-12-18-17(19-13-15)16-4-2-3-10-23-16/h12-13,16H,2-11,14H2,1H3/t16-/m1/s1. The van der Waals surface area contributed by atoms with Crippen molar-refractivity contribution < 1.29 is 9.47 Å². The lowest BCUT2D eigenvalue weighted by Gasteiger charge is -2.34. The summed E-state index contributed by atoms with van der Waals surface area (Å²) in [6.45, 7) is 8.03. The first-order valence-corrected chi connectivity index (χ1v) is 8.71. The third-order valence-electron chi connectivity index (χ3n) is 4.68. The number of rotatable bonds is 6. The minimum absolute atomic E-state index is 0.0992. The quantitative estimate of drug-likeness (QED) is 0.791. The highest BCUT2D eigenvalue weighted by molar-refractivity contribution is 5.07. The van der Waals surface area contributed by atoms with Crippen LogP contribution in [0.3, 0.4) is 0 Å². The summed E-state index contributed by atoms with van der Waals surface area (Å²) >= 11 is 0. The average molecular weight is 320 g/mol. The van der Waals surface area contributed by atoms with Crippen LogP contribution in [0, 0.1) is 0 Å². The lowest BCUT2D eigenvalue weighted by atomic mass is 10.1. The number of nitrogens with zero attached hydrogens (tertiary/aromatic N) is 4. The largest absolute Gasteiger partial charge is 0.383 e. The van der Waals surface area contributed by atoms with E-state index in [1.807, 2.05) is 12.4 Å². The third-order valence-corrected chi connectivity index (χ3v) is 4.68. The van der Waals surface area contributed by atoms with Crippen LogP contribution in [-0.4, -0.2) is 72.8 Å². The Morgan fingerprint density at radius 3 is 2.52 bits per heavy atom. The summed E-state index contributed by atoms with van der Waals surface area (Å²) in [6.07, 6.45) is 7.45. The molecule has 3 heterocycles. The van der Waals surface area contributed by atoms with Crippen LogP contribution in [0.15, 0.2) is 12.4 Å². The molecule has 1 aromatic heterocycles. The number of piperazine rings is 1. The van der Waals surface area contributed by atoms with Crippen LogP contribution in [0.2, 0.25) is 0 Å². The Hall–Kier alpha value is -1.08. The molecule has 0 bridgehead atoms. The molecule has 0 N–H and O–H groups in total. The molecule has 0 aromatic carbocycles. The van der Waals surface area contributed by atoms with E-state index in [1.165, 1.54) is 12.0 Å². The molecule has 128 valence electrons. The van der Waals surface area contributed by atoms with Crippen LogP contribution in [0.1, 0.15) is 36.8 Å². The minimum atomic E-state index is 0.0992. The molecular weight excluding hydrogens is 292 g/mol. The molecule has 0 saturated carbocycles. The number of hydrogen-bond donors (Lipinski definition) is 0. The molecule has 0 amide bonds. The monoisotopic (exact) mass is 320 g/mol. The average Bonchev–Trinajstić information content (AvgIpc) is 2.62. The van der Waals surface area contributed by atoms with Gasteiger partial charge >= 0.3 is 0 Å². The van der Waals surface area contributed by atoms with Gasteiger partial charge in [-0.2, -0.15) is 0 Å². The molecule has 0 unspecified atom stereocenters. The van der Waals surface area contributed by atoms with E-state index in [4.69, 9.17) is 9.47 Å². The zero-order valence-electron chi connectivity index (χ0n) is 14.1. The molecule has 1 atom stereocenters. The summed E-state index contributed by atoms with van der Waals surface area (Å²) in [4.78, 5) is 14.0. The maximum atomic E-state index is 5.75. The van der Waals surface area contributed by atoms with E-state index in [0.29, 0.717) is 0 Å². The van der Waals surface area contributed by atoms with E-state index in [2.05, 4.69) is 19.8 Å². The van der Waals surface area contributed by atoms with Gasteiger partial charge < -0.3 is 9.47 Å². The third kappa shape index (κ3) is 4.94. The molecule has 2 aliphatic heterocycles. The summed E-state index contributed by atoms with van der Waals surface area (Å²) in [6, 6.07) is 0. The van der Waals surface area contributed by atoms with Gasteiger partial charge in [0.1, 0.15) is 6.10 Å². The van der Waals surface area contributed by atoms with Crippen molar-refractivity contribution in [1.29, 1.82) is 0 Å². The van der Waals surface area contributed by atoms with Gasteiger partial charge in [0.05, 0.1) is 6.61 Å². The van der Waals surface area contributed by atoms with E-state index >= 15 is 0 Å². The highest BCUT2D eigenvalue weighted by atomic mass is 16.5. The van der Waals surface area contributed by atoms with Crippen LogP contribution < -0.4 is 0 Å². The Morgan fingerprint density at radius 1 is 1.13 bits per heavy atom. The summed E-state index contributed by atoms with van der Waals surface area (Å²) in [5.74, 6) is 0.845. The SMILES string of the molecule is COCCN1CCN(Cc2cnc([C@H]3CCCCO3)nc2)CC1. The maximum absolute atomic E-state index is 5.75. The van der Waals surface area contributed by atoms with Gasteiger partial charge in [-0.1, -0.05) is 0 Å². The van der Waals surface area contributed by atoms with Crippen molar-refractivity contribution in [3.8, 4) is 0 Å². The van der Waals surface area contributed by atoms with E-state index in [0.717, 1.165) is 71.1 Å². The lowest BCUT2D eigenvalue weighted by molar-refractivity contribution is 0.00937. The van der Waals surface area contributed by atoms with Crippen LogP contribution in [-0.2, 0) is 16.0 Å². The van der Waals surface area contributed by atoms with E-state index in [-0.39, 0.29) is 6.10 Å². The predicted octanol–water partition coefficient (Wildman–Crippen LogP) is 1.48. The van der Waals surface area contributed by atoms with Crippen molar-refractivity contribution in [1.82, 2.24) is 19.8 Å².